The minimum Gasteiger partial charge on any atom is -0.326 e. The van der Waals surface area contributed by atoms with Crippen molar-refractivity contribution >= 4 is 0 Å². The number of hydrogen-bond acceptors (Lipinski definition) is 2. The van der Waals surface area contributed by atoms with Gasteiger partial charge in [0.15, 0.2) is 0 Å². The molecule has 1 saturated heterocycles. The second-order valence-corrected chi connectivity index (χ2v) is 5.88. The Balaban J connectivity index is 2.21. The standard InChI is InChI=1S/C17H28N2/c1-3-16(18)17(15-10-8-14(2)9-11-15)19-12-6-4-5-7-13-19/h8-11,16-17H,3-7,12-13,18H2,1-2H3. The molecule has 0 saturated carbocycles. The summed E-state index contributed by atoms with van der Waals surface area (Å²) < 4.78 is 0. The predicted octanol–water partition coefficient (Wildman–Crippen LogP) is 3.65. The van der Waals surface area contributed by atoms with Crippen LogP contribution in [0.4, 0.5) is 0 Å². The van der Waals surface area contributed by atoms with Gasteiger partial charge in [0.1, 0.15) is 0 Å². The first-order chi connectivity index (χ1) is 9.22. The molecule has 2 N–H and O–H groups in total. The second kappa shape index (κ2) is 7.06. The van der Waals surface area contributed by atoms with Gasteiger partial charge in [0, 0.05) is 12.1 Å². The minimum atomic E-state index is 0.237. The van der Waals surface area contributed by atoms with Gasteiger partial charge in [-0.15, -0.1) is 0 Å². The van der Waals surface area contributed by atoms with E-state index in [1.807, 2.05) is 0 Å². The number of aryl methyl sites for hydroxylation is 1. The van der Waals surface area contributed by atoms with Crippen molar-refractivity contribution in [3.05, 3.63) is 35.4 Å². The van der Waals surface area contributed by atoms with Crippen molar-refractivity contribution in [3.63, 3.8) is 0 Å². The van der Waals surface area contributed by atoms with Crippen molar-refractivity contribution in [2.75, 3.05) is 13.1 Å². The Morgan fingerprint density at radius 1 is 1.05 bits per heavy atom. The van der Waals surface area contributed by atoms with E-state index in [0.29, 0.717) is 6.04 Å². The molecule has 0 aliphatic carbocycles. The lowest BCUT2D eigenvalue weighted by Crippen LogP contribution is -2.41. The zero-order chi connectivity index (χ0) is 13.7. The van der Waals surface area contributed by atoms with Crippen molar-refractivity contribution in [1.29, 1.82) is 0 Å². The summed E-state index contributed by atoms with van der Waals surface area (Å²) in [5, 5.41) is 0. The van der Waals surface area contributed by atoms with Crippen LogP contribution in [0.15, 0.2) is 24.3 Å². The quantitative estimate of drug-likeness (QED) is 0.895. The molecule has 2 atom stereocenters. The molecule has 0 radical (unpaired) electrons. The van der Waals surface area contributed by atoms with E-state index in [1.54, 1.807) is 0 Å². The van der Waals surface area contributed by atoms with E-state index in [1.165, 1.54) is 49.9 Å². The van der Waals surface area contributed by atoms with E-state index in [9.17, 15) is 0 Å². The van der Waals surface area contributed by atoms with Crippen LogP contribution in [-0.4, -0.2) is 24.0 Å². The number of rotatable bonds is 4. The molecule has 0 amide bonds. The molecule has 0 spiro atoms. The highest BCUT2D eigenvalue weighted by atomic mass is 15.2. The summed E-state index contributed by atoms with van der Waals surface area (Å²) in [7, 11) is 0. The largest absolute Gasteiger partial charge is 0.326 e. The van der Waals surface area contributed by atoms with E-state index in [4.69, 9.17) is 5.73 Å². The molecular formula is C17H28N2. The minimum absolute atomic E-state index is 0.237. The van der Waals surface area contributed by atoms with Gasteiger partial charge < -0.3 is 5.73 Å². The average Bonchev–Trinajstić information content (AvgIpc) is 2.70. The molecule has 0 aromatic heterocycles. The molecule has 106 valence electrons. The van der Waals surface area contributed by atoms with Crippen LogP contribution in [0.5, 0.6) is 0 Å². The van der Waals surface area contributed by atoms with Gasteiger partial charge in [0.25, 0.3) is 0 Å². The van der Waals surface area contributed by atoms with Gasteiger partial charge in [-0.2, -0.15) is 0 Å². The maximum atomic E-state index is 6.43. The normalized spacial score (nSPS) is 20.8. The fourth-order valence-electron chi connectivity index (χ4n) is 3.09. The monoisotopic (exact) mass is 260 g/mol. The predicted molar refractivity (Wildman–Crippen MR) is 82.2 cm³/mol. The molecular weight excluding hydrogens is 232 g/mol. The maximum absolute atomic E-state index is 6.43. The Morgan fingerprint density at radius 3 is 2.16 bits per heavy atom. The Bertz CT molecular complexity index is 363. The molecule has 1 heterocycles. The third-order valence-corrected chi connectivity index (χ3v) is 4.33. The summed E-state index contributed by atoms with van der Waals surface area (Å²) in [6.07, 6.45) is 6.42. The lowest BCUT2D eigenvalue weighted by Gasteiger charge is -2.35. The third kappa shape index (κ3) is 3.80. The molecule has 2 rings (SSSR count). The van der Waals surface area contributed by atoms with Crippen LogP contribution < -0.4 is 5.73 Å². The highest BCUT2D eigenvalue weighted by molar-refractivity contribution is 5.25. The molecule has 0 bridgehead atoms. The van der Waals surface area contributed by atoms with Crippen LogP contribution in [-0.2, 0) is 0 Å². The summed E-state index contributed by atoms with van der Waals surface area (Å²) in [6.45, 7) is 6.74. The topological polar surface area (TPSA) is 29.3 Å². The molecule has 2 nitrogen and oxygen atoms in total. The first-order valence-electron chi connectivity index (χ1n) is 7.78. The van der Waals surface area contributed by atoms with E-state index in [0.717, 1.165) is 6.42 Å². The lowest BCUT2D eigenvalue weighted by molar-refractivity contribution is 0.175. The first-order valence-corrected chi connectivity index (χ1v) is 7.78. The molecule has 19 heavy (non-hydrogen) atoms. The Kier molecular flexibility index (Phi) is 5.41. The van der Waals surface area contributed by atoms with Crippen molar-refractivity contribution in [3.8, 4) is 0 Å². The fourth-order valence-corrected chi connectivity index (χ4v) is 3.09. The van der Waals surface area contributed by atoms with Crippen molar-refractivity contribution in [2.45, 2.75) is 58.0 Å². The second-order valence-electron chi connectivity index (χ2n) is 5.88. The van der Waals surface area contributed by atoms with Gasteiger partial charge in [-0.25, -0.2) is 0 Å². The Labute approximate surface area is 118 Å². The van der Waals surface area contributed by atoms with Crippen LogP contribution >= 0.6 is 0 Å². The number of hydrogen-bond donors (Lipinski definition) is 1. The summed E-state index contributed by atoms with van der Waals surface area (Å²) in [6, 6.07) is 9.58. The smallest absolute Gasteiger partial charge is 0.0499 e. The molecule has 1 aromatic rings. The Morgan fingerprint density at radius 2 is 1.63 bits per heavy atom. The number of nitrogens with zero attached hydrogens (tertiary/aromatic N) is 1. The molecule has 1 aliphatic heterocycles. The molecule has 2 heteroatoms. The van der Waals surface area contributed by atoms with Crippen molar-refractivity contribution < 1.29 is 0 Å². The van der Waals surface area contributed by atoms with Crippen LogP contribution in [0.3, 0.4) is 0 Å². The van der Waals surface area contributed by atoms with Crippen LogP contribution in [0.1, 0.15) is 56.2 Å². The van der Waals surface area contributed by atoms with Crippen molar-refractivity contribution in [1.82, 2.24) is 4.90 Å². The van der Waals surface area contributed by atoms with Gasteiger partial charge in [0.05, 0.1) is 0 Å². The summed E-state index contributed by atoms with van der Waals surface area (Å²) >= 11 is 0. The molecule has 1 fully saturated rings. The van der Waals surface area contributed by atoms with Gasteiger partial charge in [-0.3, -0.25) is 4.90 Å². The zero-order valence-corrected chi connectivity index (χ0v) is 12.4. The maximum Gasteiger partial charge on any atom is 0.0499 e. The lowest BCUT2D eigenvalue weighted by atomic mass is 9.95. The first kappa shape index (κ1) is 14.5. The van der Waals surface area contributed by atoms with Gasteiger partial charge in [-0.05, 0) is 44.8 Å². The van der Waals surface area contributed by atoms with Crippen LogP contribution in [0.2, 0.25) is 0 Å². The Hall–Kier alpha value is -0.860. The molecule has 1 aliphatic rings. The molecule has 2 unspecified atom stereocenters. The van der Waals surface area contributed by atoms with Gasteiger partial charge in [0.2, 0.25) is 0 Å². The van der Waals surface area contributed by atoms with Crippen LogP contribution in [0, 0.1) is 6.92 Å². The summed E-state index contributed by atoms with van der Waals surface area (Å²) in [5.74, 6) is 0. The number of likely N-dealkylation sites (tertiary alicyclic amines) is 1. The highest BCUT2D eigenvalue weighted by Crippen LogP contribution is 2.28. The third-order valence-electron chi connectivity index (χ3n) is 4.33. The number of benzene rings is 1. The molecule has 1 aromatic carbocycles. The zero-order valence-electron chi connectivity index (χ0n) is 12.4. The van der Waals surface area contributed by atoms with E-state index >= 15 is 0 Å². The fraction of sp³-hybridized carbons (Fsp3) is 0.647. The van der Waals surface area contributed by atoms with E-state index < -0.39 is 0 Å². The SMILES string of the molecule is CCC(N)C(c1ccc(C)cc1)N1CCCCCC1. The summed E-state index contributed by atoms with van der Waals surface area (Å²) in [4.78, 5) is 2.62. The summed E-state index contributed by atoms with van der Waals surface area (Å²) in [5.41, 5.74) is 9.14. The average molecular weight is 260 g/mol. The highest BCUT2D eigenvalue weighted by Gasteiger charge is 2.25. The van der Waals surface area contributed by atoms with E-state index in [2.05, 4.69) is 43.0 Å². The van der Waals surface area contributed by atoms with Crippen LogP contribution in [0.25, 0.3) is 0 Å². The number of nitrogens with two attached hydrogens (primary N) is 1. The van der Waals surface area contributed by atoms with Gasteiger partial charge in [-0.1, -0.05) is 49.6 Å². The van der Waals surface area contributed by atoms with E-state index in [-0.39, 0.29) is 6.04 Å². The van der Waals surface area contributed by atoms with Crippen molar-refractivity contribution in [2.24, 2.45) is 5.73 Å². The van der Waals surface area contributed by atoms with Gasteiger partial charge >= 0.3 is 0 Å².